The highest BCUT2D eigenvalue weighted by atomic mass is 35.5. The molecule has 2 N–H and O–H groups in total. The van der Waals surface area contributed by atoms with E-state index in [1.54, 1.807) is 13.3 Å². The molecule has 1 aromatic heterocycles. The molecule has 6 nitrogen and oxygen atoms in total. The molecule has 0 spiro atoms. The maximum Gasteiger partial charge on any atom is 0.143 e. The van der Waals surface area contributed by atoms with Gasteiger partial charge >= 0.3 is 0 Å². The summed E-state index contributed by atoms with van der Waals surface area (Å²) in [5, 5.41) is 7.43. The summed E-state index contributed by atoms with van der Waals surface area (Å²) in [6, 6.07) is 10.2. The number of methoxy groups -OCH3 is 1. The van der Waals surface area contributed by atoms with Crippen molar-refractivity contribution in [2.75, 3.05) is 45.3 Å². The Labute approximate surface area is 195 Å². The average molecular weight is 458 g/mol. The standard InChI is InChI=1S/C25H32ClN3O3/c1-31-22-10-19(14-27-15-22)25(30)12-21-11-23(24(26)16-29-21)18-3-2-4-20(9-18)28-13-17-5-7-32-8-6-17/h2-4,9,11,16-17,19,22,27-28H,5-8,10,12-15H2,1H3/t19-,22+/m1/s1. The van der Waals surface area contributed by atoms with Gasteiger partial charge in [-0.25, -0.2) is 0 Å². The fourth-order valence-corrected chi connectivity index (χ4v) is 4.67. The second-order valence-corrected chi connectivity index (χ2v) is 9.17. The van der Waals surface area contributed by atoms with E-state index in [4.69, 9.17) is 21.1 Å². The lowest BCUT2D eigenvalue weighted by molar-refractivity contribution is -0.124. The van der Waals surface area contributed by atoms with Crippen LogP contribution in [0.2, 0.25) is 5.02 Å². The number of halogens is 1. The fourth-order valence-electron chi connectivity index (χ4n) is 4.46. The van der Waals surface area contributed by atoms with E-state index < -0.39 is 0 Å². The van der Waals surface area contributed by atoms with Crippen LogP contribution in [0.25, 0.3) is 11.1 Å². The van der Waals surface area contributed by atoms with Crippen LogP contribution >= 0.6 is 11.6 Å². The molecule has 2 aliphatic rings. The predicted octanol–water partition coefficient (Wildman–Crippen LogP) is 3.98. The van der Waals surface area contributed by atoms with Crippen molar-refractivity contribution in [3.8, 4) is 11.1 Å². The number of aromatic nitrogens is 1. The zero-order chi connectivity index (χ0) is 22.3. The van der Waals surface area contributed by atoms with E-state index >= 15 is 0 Å². The number of piperidine rings is 1. The lowest BCUT2D eigenvalue weighted by Gasteiger charge is -2.28. The van der Waals surface area contributed by atoms with E-state index in [2.05, 4.69) is 27.8 Å². The van der Waals surface area contributed by atoms with Gasteiger partial charge in [0.15, 0.2) is 0 Å². The molecular formula is C25H32ClN3O3. The highest BCUT2D eigenvalue weighted by Crippen LogP contribution is 2.30. The van der Waals surface area contributed by atoms with E-state index in [0.717, 1.165) is 68.1 Å². The number of carbonyl (C=O) groups is 1. The number of hydrogen-bond donors (Lipinski definition) is 2. The first kappa shape index (κ1) is 23.2. The maximum atomic E-state index is 12.9. The zero-order valence-corrected chi connectivity index (χ0v) is 19.4. The molecule has 0 aliphatic carbocycles. The van der Waals surface area contributed by atoms with Crippen molar-refractivity contribution in [2.24, 2.45) is 11.8 Å². The lowest BCUT2D eigenvalue weighted by Crippen LogP contribution is -2.43. The number of nitrogens with one attached hydrogen (secondary N) is 2. The molecule has 1 aromatic carbocycles. The smallest absolute Gasteiger partial charge is 0.143 e. The molecule has 2 fully saturated rings. The number of nitrogens with zero attached hydrogens (tertiary/aromatic N) is 1. The van der Waals surface area contributed by atoms with Gasteiger partial charge in [-0.3, -0.25) is 9.78 Å². The van der Waals surface area contributed by atoms with E-state index in [9.17, 15) is 4.79 Å². The minimum absolute atomic E-state index is 0.0488. The molecule has 0 bridgehead atoms. The van der Waals surface area contributed by atoms with Crippen molar-refractivity contribution >= 4 is 23.1 Å². The molecular weight excluding hydrogens is 426 g/mol. The molecule has 0 radical (unpaired) electrons. The number of rotatable bonds is 8. The van der Waals surface area contributed by atoms with Gasteiger partial charge in [0.2, 0.25) is 0 Å². The van der Waals surface area contributed by atoms with E-state index in [1.165, 1.54) is 0 Å². The second kappa shape index (κ2) is 11.2. The Balaban J connectivity index is 1.43. The molecule has 0 saturated carbocycles. The number of benzene rings is 1. The molecule has 32 heavy (non-hydrogen) atoms. The van der Waals surface area contributed by atoms with Crippen LogP contribution in [-0.2, 0) is 20.7 Å². The van der Waals surface area contributed by atoms with Gasteiger partial charge in [0.25, 0.3) is 0 Å². The predicted molar refractivity (Wildman–Crippen MR) is 127 cm³/mol. The van der Waals surface area contributed by atoms with Gasteiger partial charge in [0, 0.05) is 75.4 Å². The molecule has 7 heteroatoms. The molecule has 3 heterocycles. The molecule has 0 amide bonds. The number of anilines is 1. The number of ketones is 1. The molecule has 2 saturated heterocycles. The maximum absolute atomic E-state index is 12.9. The van der Waals surface area contributed by atoms with Gasteiger partial charge in [0.1, 0.15) is 5.78 Å². The van der Waals surface area contributed by atoms with Crippen LogP contribution in [0.3, 0.4) is 0 Å². The summed E-state index contributed by atoms with van der Waals surface area (Å²) in [6.07, 6.45) is 4.99. The minimum atomic E-state index is -0.0488. The van der Waals surface area contributed by atoms with Crippen LogP contribution in [-0.4, -0.2) is 56.8 Å². The number of pyridine rings is 1. The van der Waals surface area contributed by atoms with Crippen LogP contribution in [0.5, 0.6) is 0 Å². The van der Waals surface area contributed by atoms with E-state index in [0.29, 0.717) is 23.9 Å². The Morgan fingerprint density at radius 1 is 1.28 bits per heavy atom. The summed E-state index contributed by atoms with van der Waals surface area (Å²) in [4.78, 5) is 17.3. The third-order valence-electron chi connectivity index (χ3n) is 6.48. The van der Waals surface area contributed by atoms with Gasteiger partial charge in [-0.15, -0.1) is 0 Å². The Hall–Kier alpha value is -1.99. The summed E-state index contributed by atoms with van der Waals surface area (Å²) >= 11 is 6.50. The van der Waals surface area contributed by atoms with Crippen molar-refractivity contribution in [3.63, 3.8) is 0 Å². The van der Waals surface area contributed by atoms with E-state index in [-0.39, 0.29) is 17.8 Å². The molecule has 0 unspecified atom stereocenters. The van der Waals surface area contributed by atoms with Crippen LogP contribution in [0.1, 0.15) is 25.0 Å². The third-order valence-corrected chi connectivity index (χ3v) is 6.78. The summed E-state index contributed by atoms with van der Waals surface area (Å²) in [7, 11) is 1.69. The second-order valence-electron chi connectivity index (χ2n) is 8.76. The zero-order valence-electron chi connectivity index (χ0n) is 18.6. The highest BCUT2D eigenvalue weighted by molar-refractivity contribution is 6.33. The minimum Gasteiger partial charge on any atom is -0.385 e. The van der Waals surface area contributed by atoms with E-state index in [1.807, 2.05) is 18.2 Å². The summed E-state index contributed by atoms with van der Waals surface area (Å²) in [5.74, 6) is 0.778. The first-order valence-corrected chi connectivity index (χ1v) is 11.8. The number of hydrogen-bond acceptors (Lipinski definition) is 6. The molecule has 172 valence electrons. The van der Waals surface area contributed by atoms with Crippen LogP contribution in [0.4, 0.5) is 5.69 Å². The third kappa shape index (κ3) is 6.07. The lowest BCUT2D eigenvalue weighted by atomic mass is 9.90. The Morgan fingerprint density at radius 3 is 2.94 bits per heavy atom. The molecule has 2 atom stereocenters. The SMILES string of the molecule is CO[C@@H]1CNC[C@H](C(=O)Cc2cc(-c3cccc(NCC4CCOCC4)c3)c(Cl)cn2)C1. The van der Waals surface area contributed by atoms with Gasteiger partial charge in [0.05, 0.1) is 11.1 Å². The summed E-state index contributed by atoms with van der Waals surface area (Å²) in [5.41, 5.74) is 3.73. The van der Waals surface area contributed by atoms with Crippen molar-refractivity contribution in [2.45, 2.75) is 31.8 Å². The van der Waals surface area contributed by atoms with Gasteiger partial charge in [-0.05, 0) is 48.9 Å². The Morgan fingerprint density at radius 2 is 2.12 bits per heavy atom. The number of carbonyl (C=O) groups excluding carboxylic acids is 1. The van der Waals surface area contributed by atoms with Gasteiger partial charge in [-0.2, -0.15) is 0 Å². The molecule has 2 aliphatic heterocycles. The summed E-state index contributed by atoms with van der Waals surface area (Å²) < 4.78 is 10.9. The summed E-state index contributed by atoms with van der Waals surface area (Å²) in [6.45, 7) is 4.13. The van der Waals surface area contributed by atoms with Crippen LogP contribution in [0.15, 0.2) is 36.5 Å². The normalized spacial score (nSPS) is 21.9. The number of Topliss-reactive ketones (excluding diaryl/α,β-unsaturated/α-hetero) is 1. The average Bonchev–Trinajstić information content (AvgIpc) is 2.84. The quantitative estimate of drug-likeness (QED) is 0.624. The van der Waals surface area contributed by atoms with Crippen molar-refractivity contribution in [3.05, 3.63) is 47.2 Å². The monoisotopic (exact) mass is 457 g/mol. The first-order chi connectivity index (χ1) is 15.6. The van der Waals surface area contributed by atoms with Crippen molar-refractivity contribution < 1.29 is 14.3 Å². The number of ether oxygens (including phenoxy) is 2. The van der Waals surface area contributed by atoms with Gasteiger partial charge < -0.3 is 20.1 Å². The van der Waals surface area contributed by atoms with Crippen molar-refractivity contribution in [1.29, 1.82) is 0 Å². The fraction of sp³-hybridized carbons (Fsp3) is 0.520. The Kier molecular flexibility index (Phi) is 8.14. The Bertz CT molecular complexity index is 917. The molecule has 2 aromatic rings. The highest BCUT2D eigenvalue weighted by Gasteiger charge is 2.27. The first-order valence-electron chi connectivity index (χ1n) is 11.4. The van der Waals surface area contributed by atoms with Crippen molar-refractivity contribution in [1.82, 2.24) is 10.3 Å². The molecule has 4 rings (SSSR count). The topological polar surface area (TPSA) is 72.5 Å². The van der Waals surface area contributed by atoms with Crippen LogP contribution in [0, 0.1) is 11.8 Å². The largest absolute Gasteiger partial charge is 0.385 e. The van der Waals surface area contributed by atoms with Gasteiger partial charge in [-0.1, -0.05) is 23.7 Å². The van der Waals surface area contributed by atoms with Crippen LogP contribution < -0.4 is 10.6 Å².